The van der Waals surface area contributed by atoms with E-state index in [4.69, 9.17) is 21.1 Å². The molecule has 1 aromatic rings. The predicted octanol–water partition coefficient (Wildman–Crippen LogP) is 2.71. The van der Waals surface area contributed by atoms with Gasteiger partial charge in [0.25, 0.3) is 0 Å². The molecule has 4 nitrogen and oxygen atoms in total. The second-order valence-electron chi connectivity index (χ2n) is 4.79. The topological polar surface area (TPSA) is 55.8 Å². The molecule has 0 aromatic heterocycles. The van der Waals surface area contributed by atoms with E-state index in [0.717, 1.165) is 12.0 Å². The van der Waals surface area contributed by atoms with Crippen LogP contribution in [0.3, 0.4) is 0 Å². The molecule has 0 amide bonds. The molecular formula is C13H13ClO4. The van der Waals surface area contributed by atoms with Crippen LogP contribution in [0.5, 0.6) is 5.75 Å². The molecule has 0 atom stereocenters. The van der Waals surface area contributed by atoms with Crippen molar-refractivity contribution in [2.45, 2.75) is 31.3 Å². The molecule has 0 bridgehead atoms. The number of fused-ring (bicyclic) bond motifs is 1. The minimum atomic E-state index is -0.827. The van der Waals surface area contributed by atoms with E-state index in [9.17, 15) is 9.90 Å². The number of hydrogen-bond donors (Lipinski definition) is 1. The van der Waals surface area contributed by atoms with Crippen LogP contribution < -0.4 is 4.74 Å². The van der Waals surface area contributed by atoms with E-state index in [-0.39, 0.29) is 6.79 Å². The molecule has 96 valence electrons. The van der Waals surface area contributed by atoms with Crippen LogP contribution in [0, 0.1) is 0 Å². The van der Waals surface area contributed by atoms with E-state index in [1.54, 1.807) is 12.1 Å². The van der Waals surface area contributed by atoms with Gasteiger partial charge < -0.3 is 14.6 Å². The second-order valence-corrected chi connectivity index (χ2v) is 5.23. The molecule has 1 heterocycles. The minimum absolute atomic E-state index is 0.164. The molecule has 0 radical (unpaired) electrons. The van der Waals surface area contributed by atoms with Gasteiger partial charge in [-0.15, -0.1) is 0 Å². The molecule has 1 aliphatic carbocycles. The molecule has 5 heteroatoms. The van der Waals surface area contributed by atoms with E-state index in [1.165, 1.54) is 0 Å². The number of carbonyl (C=O) groups is 1. The lowest BCUT2D eigenvalue weighted by Crippen LogP contribution is -2.43. The summed E-state index contributed by atoms with van der Waals surface area (Å²) in [5.74, 6) is -0.152. The first kappa shape index (κ1) is 11.8. The van der Waals surface area contributed by atoms with Gasteiger partial charge in [-0.1, -0.05) is 18.0 Å². The zero-order valence-corrected chi connectivity index (χ0v) is 10.5. The van der Waals surface area contributed by atoms with E-state index < -0.39 is 11.4 Å². The molecule has 1 saturated carbocycles. The number of hydrogen-bond acceptors (Lipinski definition) is 3. The van der Waals surface area contributed by atoms with Crippen LogP contribution in [0.4, 0.5) is 0 Å². The Kier molecular flexibility index (Phi) is 2.72. The maximum atomic E-state index is 11.6. The van der Waals surface area contributed by atoms with Gasteiger partial charge in [0.1, 0.15) is 5.75 Å². The summed E-state index contributed by atoms with van der Waals surface area (Å²) in [6.07, 6.45) is 2.20. The molecule has 1 aliphatic heterocycles. The maximum absolute atomic E-state index is 11.6. The van der Waals surface area contributed by atoms with Gasteiger partial charge in [-0.05, 0) is 25.0 Å². The van der Waals surface area contributed by atoms with Gasteiger partial charge in [-0.2, -0.15) is 0 Å². The fourth-order valence-corrected chi connectivity index (χ4v) is 2.90. The van der Waals surface area contributed by atoms with E-state index in [2.05, 4.69) is 0 Å². The molecule has 1 N–H and O–H groups in total. The number of carboxylic acid groups (broad SMARTS) is 1. The molecule has 0 unspecified atom stereocenters. The van der Waals surface area contributed by atoms with Crippen LogP contribution in [-0.4, -0.2) is 17.9 Å². The highest BCUT2D eigenvalue weighted by Crippen LogP contribution is 2.49. The molecule has 2 aliphatic rings. The molecule has 0 spiro atoms. The Balaban J connectivity index is 2.16. The van der Waals surface area contributed by atoms with Crippen molar-refractivity contribution in [2.24, 2.45) is 0 Å². The number of carboxylic acids is 1. The van der Waals surface area contributed by atoms with Crippen LogP contribution in [-0.2, 0) is 21.6 Å². The van der Waals surface area contributed by atoms with Crippen LogP contribution >= 0.6 is 11.6 Å². The van der Waals surface area contributed by atoms with Crippen LogP contribution in [0.25, 0.3) is 0 Å². The normalized spacial score (nSPS) is 20.5. The number of rotatable bonds is 2. The third-order valence-corrected chi connectivity index (χ3v) is 4.03. The van der Waals surface area contributed by atoms with Crippen LogP contribution in [0.1, 0.15) is 30.4 Å². The van der Waals surface area contributed by atoms with Crippen molar-refractivity contribution in [2.75, 3.05) is 6.79 Å². The molecule has 1 aromatic carbocycles. The molecule has 1 fully saturated rings. The molecule has 0 saturated heterocycles. The van der Waals surface area contributed by atoms with Crippen LogP contribution in [0.2, 0.25) is 5.02 Å². The first-order valence-corrected chi connectivity index (χ1v) is 6.28. The van der Waals surface area contributed by atoms with Crippen molar-refractivity contribution in [1.29, 1.82) is 0 Å². The summed E-state index contributed by atoms with van der Waals surface area (Å²) in [4.78, 5) is 11.6. The number of ether oxygens (including phenoxy) is 2. The highest BCUT2D eigenvalue weighted by Gasteiger charge is 2.48. The van der Waals surface area contributed by atoms with E-state index in [0.29, 0.717) is 35.8 Å². The van der Waals surface area contributed by atoms with Crippen molar-refractivity contribution in [3.8, 4) is 5.75 Å². The van der Waals surface area contributed by atoms with Gasteiger partial charge in [0.2, 0.25) is 0 Å². The standard InChI is InChI=1S/C13H13ClO4/c14-9-4-8-6-17-7-18-11(8)10(5-9)13(12(15)16)2-1-3-13/h4-5H,1-3,6-7H2,(H,15,16). The number of aliphatic carboxylic acids is 1. The summed E-state index contributed by atoms with van der Waals surface area (Å²) in [6.45, 7) is 0.579. The Bertz CT molecular complexity index is 508. The fourth-order valence-electron chi connectivity index (χ4n) is 2.66. The minimum Gasteiger partial charge on any atom is -0.481 e. The van der Waals surface area contributed by atoms with E-state index >= 15 is 0 Å². The Labute approximate surface area is 109 Å². The Morgan fingerprint density at radius 1 is 1.39 bits per heavy atom. The Hall–Kier alpha value is -1.26. The second kappa shape index (κ2) is 4.14. The Morgan fingerprint density at radius 2 is 2.17 bits per heavy atom. The smallest absolute Gasteiger partial charge is 0.314 e. The van der Waals surface area contributed by atoms with Gasteiger partial charge in [-0.3, -0.25) is 4.79 Å². The maximum Gasteiger partial charge on any atom is 0.314 e. The van der Waals surface area contributed by atoms with Crippen molar-refractivity contribution in [3.63, 3.8) is 0 Å². The molecular weight excluding hydrogens is 256 g/mol. The van der Waals surface area contributed by atoms with Crippen molar-refractivity contribution >= 4 is 17.6 Å². The largest absolute Gasteiger partial charge is 0.481 e. The lowest BCUT2D eigenvalue weighted by atomic mass is 9.64. The SMILES string of the molecule is O=C(O)C1(c2cc(Cl)cc3c2OCOC3)CCC1. The van der Waals surface area contributed by atoms with Gasteiger partial charge in [0.15, 0.2) is 6.79 Å². The summed E-state index contributed by atoms with van der Waals surface area (Å²) >= 11 is 6.07. The third-order valence-electron chi connectivity index (χ3n) is 3.81. The highest BCUT2D eigenvalue weighted by atomic mass is 35.5. The summed E-state index contributed by atoms with van der Waals surface area (Å²) in [5.41, 5.74) is 0.704. The molecule has 3 rings (SSSR count). The fraction of sp³-hybridized carbons (Fsp3) is 0.462. The zero-order chi connectivity index (χ0) is 12.8. The lowest BCUT2D eigenvalue weighted by molar-refractivity contribution is -0.147. The van der Waals surface area contributed by atoms with Gasteiger partial charge in [0.05, 0.1) is 12.0 Å². The summed E-state index contributed by atoms with van der Waals surface area (Å²) in [5, 5.41) is 10.0. The third kappa shape index (κ3) is 1.60. The highest BCUT2D eigenvalue weighted by molar-refractivity contribution is 6.30. The van der Waals surface area contributed by atoms with E-state index in [1.807, 2.05) is 0 Å². The summed E-state index contributed by atoms with van der Waals surface area (Å²) in [7, 11) is 0. The van der Waals surface area contributed by atoms with Crippen molar-refractivity contribution in [1.82, 2.24) is 0 Å². The zero-order valence-electron chi connectivity index (χ0n) is 9.74. The van der Waals surface area contributed by atoms with Gasteiger partial charge >= 0.3 is 5.97 Å². The Morgan fingerprint density at radius 3 is 2.78 bits per heavy atom. The summed E-state index contributed by atoms with van der Waals surface area (Å²) < 4.78 is 10.7. The first-order valence-electron chi connectivity index (χ1n) is 5.90. The van der Waals surface area contributed by atoms with Crippen molar-refractivity contribution < 1.29 is 19.4 Å². The average Bonchev–Trinajstić information content (AvgIpc) is 2.26. The van der Waals surface area contributed by atoms with Crippen molar-refractivity contribution in [3.05, 3.63) is 28.3 Å². The summed E-state index contributed by atoms with van der Waals surface area (Å²) in [6, 6.07) is 3.49. The monoisotopic (exact) mass is 268 g/mol. The molecule has 18 heavy (non-hydrogen) atoms. The lowest BCUT2D eigenvalue weighted by Gasteiger charge is -2.40. The van der Waals surface area contributed by atoms with Gasteiger partial charge in [0, 0.05) is 16.1 Å². The predicted molar refractivity (Wildman–Crippen MR) is 64.9 cm³/mol. The number of halogens is 1. The quantitative estimate of drug-likeness (QED) is 0.896. The first-order chi connectivity index (χ1) is 8.63. The number of benzene rings is 1. The van der Waals surface area contributed by atoms with Gasteiger partial charge in [-0.25, -0.2) is 0 Å². The average molecular weight is 269 g/mol. The van der Waals surface area contributed by atoms with Crippen LogP contribution in [0.15, 0.2) is 12.1 Å².